The summed E-state index contributed by atoms with van der Waals surface area (Å²) in [6, 6.07) is 0. The molecule has 0 aliphatic carbocycles. The Bertz CT molecular complexity index is 79.1. The van der Waals surface area contributed by atoms with E-state index in [4.69, 9.17) is 5.84 Å². The number of hydrazine groups is 1. The number of rotatable bonds is 3. The van der Waals surface area contributed by atoms with E-state index in [-0.39, 0.29) is 0 Å². The van der Waals surface area contributed by atoms with Crippen molar-refractivity contribution in [2.45, 2.75) is 32.4 Å². The van der Waals surface area contributed by atoms with Gasteiger partial charge in [-0.1, -0.05) is 13.8 Å². The van der Waals surface area contributed by atoms with Crippen LogP contribution in [0.3, 0.4) is 0 Å². The van der Waals surface area contributed by atoms with Gasteiger partial charge in [0, 0.05) is 7.05 Å². The van der Waals surface area contributed by atoms with Crippen molar-refractivity contribution < 1.29 is 5.11 Å². The molecule has 0 aromatic rings. The molecule has 0 aliphatic heterocycles. The van der Waals surface area contributed by atoms with Crippen molar-refractivity contribution in [3.05, 3.63) is 0 Å². The summed E-state index contributed by atoms with van der Waals surface area (Å²) in [5, 5.41) is 10.9. The molecule has 0 aliphatic rings. The minimum absolute atomic E-state index is 0.663. The average Bonchev–Trinajstić information content (AvgIpc) is 1.86. The fourth-order valence-corrected chi connectivity index (χ4v) is 0.749. The maximum Gasteiger partial charge on any atom is 0.129 e. The molecular formula is C6H16N2O. The van der Waals surface area contributed by atoms with Crippen LogP contribution in [0, 0.1) is 0 Å². The Morgan fingerprint density at radius 1 is 1.44 bits per heavy atom. The van der Waals surface area contributed by atoms with Gasteiger partial charge in [0.25, 0.3) is 0 Å². The third-order valence-corrected chi connectivity index (χ3v) is 1.79. The molecule has 3 N–H and O–H groups in total. The largest absolute Gasteiger partial charge is 0.374 e. The van der Waals surface area contributed by atoms with Crippen LogP contribution in [0.4, 0.5) is 0 Å². The lowest BCUT2D eigenvalue weighted by atomic mass is 10.1. The minimum Gasteiger partial charge on any atom is -0.374 e. The normalized spacial score (nSPS) is 12.7. The van der Waals surface area contributed by atoms with Gasteiger partial charge in [0.05, 0.1) is 0 Å². The van der Waals surface area contributed by atoms with Crippen molar-refractivity contribution in [3.8, 4) is 0 Å². The van der Waals surface area contributed by atoms with Crippen molar-refractivity contribution in [2.75, 3.05) is 7.05 Å². The van der Waals surface area contributed by atoms with Crippen LogP contribution in [0.5, 0.6) is 0 Å². The summed E-state index contributed by atoms with van der Waals surface area (Å²) in [7, 11) is 1.67. The first kappa shape index (κ1) is 8.88. The Kier molecular flexibility index (Phi) is 3.11. The zero-order valence-electron chi connectivity index (χ0n) is 6.39. The molecular weight excluding hydrogens is 116 g/mol. The Labute approximate surface area is 56.4 Å². The molecule has 0 heterocycles. The molecule has 0 radical (unpaired) electrons. The van der Waals surface area contributed by atoms with Gasteiger partial charge in [-0.15, -0.1) is 0 Å². The van der Waals surface area contributed by atoms with Gasteiger partial charge in [0.2, 0.25) is 0 Å². The second-order valence-electron chi connectivity index (χ2n) is 2.30. The van der Waals surface area contributed by atoms with E-state index in [1.807, 2.05) is 13.8 Å². The molecule has 0 aromatic carbocycles. The van der Waals surface area contributed by atoms with Crippen molar-refractivity contribution in [3.63, 3.8) is 0 Å². The second-order valence-corrected chi connectivity index (χ2v) is 2.30. The second kappa shape index (κ2) is 3.15. The van der Waals surface area contributed by atoms with Gasteiger partial charge in [-0.05, 0) is 12.8 Å². The van der Waals surface area contributed by atoms with E-state index in [0.29, 0.717) is 12.8 Å². The van der Waals surface area contributed by atoms with Crippen LogP contribution in [0.25, 0.3) is 0 Å². The van der Waals surface area contributed by atoms with E-state index in [2.05, 4.69) is 0 Å². The van der Waals surface area contributed by atoms with Crippen molar-refractivity contribution in [1.29, 1.82) is 0 Å². The third-order valence-electron chi connectivity index (χ3n) is 1.79. The first-order chi connectivity index (χ1) is 4.06. The number of hydrogen-bond acceptors (Lipinski definition) is 3. The molecule has 0 saturated heterocycles. The van der Waals surface area contributed by atoms with Gasteiger partial charge in [-0.2, -0.15) is 0 Å². The van der Waals surface area contributed by atoms with Crippen molar-refractivity contribution in [1.82, 2.24) is 5.01 Å². The topological polar surface area (TPSA) is 49.5 Å². The van der Waals surface area contributed by atoms with E-state index in [1.54, 1.807) is 7.05 Å². The monoisotopic (exact) mass is 132 g/mol. The number of nitrogens with zero attached hydrogens (tertiary/aromatic N) is 1. The molecule has 0 bridgehead atoms. The maximum absolute atomic E-state index is 9.51. The number of hydrogen-bond donors (Lipinski definition) is 2. The fourth-order valence-electron chi connectivity index (χ4n) is 0.749. The molecule has 0 rings (SSSR count). The molecule has 0 amide bonds. The van der Waals surface area contributed by atoms with Crippen LogP contribution in [0.15, 0.2) is 0 Å². The molecule has 0 spiro atoms. The standard InChI is InChI=1S/C6H16N2O/c1-4-6(9,5-2)8(3)7/h9H,4-5,7H2,1-3H3. The summed E-state index contributed by atoms with van der Waals surface area (Å²) in [5.74, 6) is 5.38. The van der Waals surface area contributed by atoms with Gasteiger partial charge >= 0.3 is 0 Å². The lowest BCUT2D eigenvalue weighted by Crippen LogP contribution is -2.49. The summed E-state index contributed by atoms with van der Waals surface area (Å²) in [6.07, 6.45) is 1.33. The molecule has 3 nitrogen and oxygen atoms in total. The predicted molar refractivity (Wildman–Crippen MR) is 37.5 cm³/mol. The molecule has 0 saturated carbocycles. The summed E-state index contributed by atoms with van der Waals surface area (Å²) in [5.41, 5.74) is -0.806. The first-order valence-corrected chi connectivity index (χ1v) is 3.27. The summed E-state index contributed by atoms with van der Waals surface area (Å²) in [6.45, 7) is 3.82. The Morgan fingerprint density at radius 3 is 1.78 bits per heavy atom. The Hall–Kier alpha value is -0.120. The average molecular weight is 132 g/mol. The molecule has 0 aromatic heterocycles. The SMILES string of the molecule is CCC(O)(CC)N(C)N. The lowest BCUT2D eigenvalue weighted by Gasteiger charge is -2.31. The Morgan fingerprint density at radius 2 is 1.78 bits per heavy atom. The molecule has 56 valence electrons. The third kappa shape index (κ3) is 1.93. The quantitative estimate of drug-likeness (QED) is 0.330. The Balaban J connectivity index is 3.92. The van der Waals surface area contributed by atoms with E-state index < -0.39 is 5.72 Å². The van der Waals surface area contributed by atoms with Gasteiger partial charge in [0.15, 0.2) is 0 Å². The van der Waals surface area contributed by atoms with E-state index >= 15 is 0 Å². The van der Waals surface area contributed by atoms with Crippen molar-refractivity contribution >= 4 is 0 Å². The van der Waals surface area contributed by atoms with E-state index in [9.17, 15) is 5.11 Å². The van der Waals surface area contributed by atoms with Crippen LogP contribution in [-0.4, -0.2) is 22.9 Å². The molecule has 0 atom stereocenters. The number of aliphatic hydroxyl groups is 1. The van der Waals surface area contributed by atoms with Crippen LogP contribution in [0.1, 0.15) is 26.7 Å². The highest BCUT2D eigenvalue weighted by Gasteiger charge is 2.24. The van der Waals surface area contributed by atoms with E-state index in [0.717, 1.165) is 0 Å². The van der Waals surface area contributed by atoms with Crippen LogP contribution < -0.4 is 5.84 Å². The highest BCUT2D eigenvalue weighted by Crippen LogP contribution is 2.14. The minimum atomic E-state index is -0.806. The molecule has 9 heavy (non-hydrogen) atoms. The highest BCUT2D eigenvalue weighted by atomic mass is 16.3. The van der Waals surface area contributed by atoms with Crippen LogP contribution >= 0.6 is 0 Å². The van der Waals surface area contributed by atoms with Gasteiger partial charge < -0.3 is 5.11 Å². The zero-order chi connectivity index (χ0) is 7.49. The summed E-state index contributed by atoms with van der Waals surface area (Å²) < 4.78 is 0. The van der Waals surface area contributed by atoms with Gasteiger partial charge in [-0.3, -0.25) is 5.84 Å². The van der Waals surface area contributed by atoms with Gasteiger partial charge in [0.1, 0.15) is 5.72 Å². The summed E-state index contributed by atoms with van der Waals surface area (Å²) in [4.78, 5) is 0. The van der Waals surface area contributed by atoms with Crippen molar-refractivity contribution in [2.24, 2.45) is 5.84 Å². The lowest BCUT2D eigenvalue weighted by molar-refractivity contribution is -0.102. The maximum atomic E-state index is 9.51. The fraction of sp³-hybridized carbons (Fsp3) is 1.00. The molecule has 3 heteroatoms. The van der Waals surface area contributed by atoms with Gasteiger partial charge in [-0.25, -0.2) is 5.01 Å². The first-order valence-electron chi connectivity index (χ1n) is 3.27. The molecule has 0 unspecified atom stereocenters. The summed E-state index contributed by atoms with van der Waals surface area (Å²) >= 11 is 0. The number of nitrogens with two attached hydrogens (primary N) is 1. The zero-order valence-corrected chi connectivity index (χ0v) is 6.39. The van der Waals surface area contributed by atoms with Crippen LogP contribution in [0.2, 0.25) is 0 Å². The predicted octanol–water partition coefficient (Wildman–Crippen LogP) is 0.301. The smallest absolute Gasteiger partial charge is 0.129 e. The van der Waals surface area contributed by atoms with E-state index in [1.165, 1.54) is 5.01 Å². The highest BCUT2D eigenvalue weighted by molar-refractivity contribution is 4.68. The molecule has 0 fully saturated rings. The van der Waals surface area contributed by atoms with Crippen LogP contribution in [-0.2, 0) is 0 Å².